The van der Waals surface area contributed by atoms with E-state index < -0.39 is 0 Å². The SMILES string of the molecule is C=NSN. The zero-order chi connectivity index (χ0) is 3.41. The van der Waals surface area contributed by atoms with E-state index >= 15 is 0 Å². The van der Waals surface area contributed by atoms with Gasteiger partial charge in [0.2, 0.25) is 0 Å². The largest absolute Gasteiger partial charge is 0.258 e. The topological polar surface area (TPSA) is 38.4 Å². The predicted octanol–water partition coefficient (Wildman–Crippen LogP) is 0.209. The fourth-order valence-electron chi connectivity index (χ4n) is 0. The molecule has 0 bridgehead atoms. The van der Waals surface area contributed by atoms with Gasteiger partial charge in [-0.2, -0.15) is 0 Å². The van der Waals surface area contributed by atoms with E-state index in [1.807, 2.05) is 0 Å². The summed E-state index contributed by atoms with van der Waals surface area (Å²) in [5, 5.41) is 4.72. The summed E-state index contributed by atoms with van der Waals surface area (Å²) in [5.41, 5.74) is 0. The second-order valence-corrected chi connectivity index (χ2v) is 0.704. The summed E-state index contributed by atoms with van der Waals surface area (Å²) >= 11 is 0.870. The van der Waals surface area contributed by atoms with E-state index in [-0.39, 0.29) is 0 Å². The Bertz CT molecular complexity index is 20.0. The van der Waals surface area contributed by atoms with Gasteiger partial charge in [0.15, 0.2) is 0 Å². The van der Waals surface area contributed by atoms with Crippen molar-refractivity contribution < 1.29 is 0 Å². The van der Waals surface area contributed by atoms with Gasteiger partial charge in [0.05, 0.1) is 12.1 Å². The number of nitrogens with two attached hydrogens (primary N) is 1. The zero-order valence-electron chi connectivity index (χ0n) is 2.14. The molecule has 0 saturated carbocycles. The van der Waals surface area contributed by atoms with Crippen LogP contribution in [0.3, 0.4) is 0 Å². The van der Waals surface area contributed by atoms with Gasteiger partial charge in [-0.1, -0.05) is 0 Å². The van der Waals surface area contributed by atoms with Crippen LogP contribution in [0.25, 0.3) is 0 Å². The molecule has 0 atom stereocenters. The summed E-state index contributed by atoms with van der Waals surface area (Å²) in [7, 11) is 0. The van der Waals surface area contributed by atoms with Crippen molar-refractivity contribution in [3.8, 4) is 0 Å². The minimum Gasteiger partial charge on any atom is -0.258 e. The Balaban J connectivity index is 2.30. The fraction of sp³-hybridized carbons (Fsp3) is 0. The molecule has 24 valence electrons. The standard InChI is InChI=1S/CH4N2S/c1-3-4-2/h1-2H2. The number of rotatable bonds is 1. The van der Waals surface area contributed by atoms with Gasteiger partial charge in [0.1, 0.15) is 0 Å². The molecule has 4 heavy (non-hydrogen) atoms. The third-order valence-electron chi connectivity index (χ3n) is 0.0745. The van der Waals surface area contributed by atoms with Crippen LogP contribution in [0.15, 0.2) is 4.40 Å². The van der Waals surface area contributed by atoms with Crippen molar-refractivity contribution in [3.63, 3.8) is 0 Å². The highest BCUT2D eigenvalue weighted by Gasteiger charge is 1.43. The first-order chi connectivity index (χ1) is 1.91. The Morgan fingerprint density at radius 2 is 2.25 bits per heavy atom. The minimum atomic E-state index is 0.870. The van der Waals surface area contributed by atoms with Gasteiger partial charge in [-0.25, -0.2) is 4.40 Å². The maximum atomic E-state index is 4.72. The second-order valence-electron chi connectivity index (χ2n) is 0.235. The van der Waals surface area contributed by atoms with Crippen LogP contribution >= 0.6 is 12.1 Å². The highest BCUT2D eigenvalue weighted by Crippen LogP contribution is 1.76. The van der Waals surface area contributed by atoms with Crippen LogP contribution in [0.2, 0.25) is 0 Å². The van der Waals surface area contributed by atoms with Gasteiger partial charge < -0.3 is 0 Å². The van der Waals surface area contributed by atoms with Crippen molar-refractivity contribution in [1.29, 1.82) is 0 Å². The highest BCUT2D eigenvalue weighted by atomic mass is 32.2. The summed E-state index contributed by atoms with van der Waals surface area (Å²) in [6, 6.07) is 0. The molecular formula is CH4N2S. The molecule has 0 aromatic heterocycles. The van der Waals surface area contributed by atoms with Crippen LogP contribution in [0.1, 0.15) is 0 Å². The normalized spacial score (nSPS) is 6.25. The first-order valence-corrected chi connectivity index (χ1v) is 1.57. The van der Waals surface area contributed by atoms with E-state index in [1.165, 1.54) is 0 Å². The molecule has 0 rings (SSSR count). The summed E-state index contributed by atoms with van der Waals surface area (Å²) < 4.78 is 3.18. The van der Waals surface area contributed by atoms with Gasteiger partial charge >= 0.3 is 0 Å². The fourth-order valence-corrected chi connectivity index (χ4v) is 0. The smallest absolute Gasteiger partial charge is 0.0549 e. The van der Waals surface area contributed by atoms with E-state index in [9.17, 15) is 0 Å². The van der Waals surface area contributed by atoms with Crippen molar-refractivity contribution in [2.45, 2.75) is 0 Å². The van der Waals surface area contributed by atoms with Crippen molar-refractivity contribution in [1.82, 2.24) is 0 Å². The van der Waals surface area contributed by atoms with Crippen molar-refractivity contribution in [2.75, 3.05) is 0 Å². The van der Waals surface area contributed by atoms with Crippen LogP contribution in [-0.4, -0.2) is 6.72 Å². The van der Waals surface area contributed by atoms with Gasteiger partial charge in [-0.05, 0) is 0 Å². The second kappa shape index (κ2) is 2.98. The number of nitrogens with zero attached hydrogens (tertiary/aromatic N) is 1. The zero-order valence-corrected chi connectivity index (χ0v) is 2.96. The van der Waals surface area contributed by atoms with Crippen molar-refractivity contribution in [2.24, 2.45) is 9.54 Å². The molecule has 0 aromatic rings. The third kappa shape index (κ3) is 1.98. The molecule has 2 N–H and O–H groups in total. The Hall–Kier alpha value is -0.0200. The summed E-state index contributed by atoms with van der Waals surface area (Å²) in [6.07, 6.45) is 0. The summed E-state index contributed by atoms with van der Waals surface area (Å²) in [5.74, 6) is 0. The first kappa shape index (κ1) is 3.98. The monoisotopic (exact) mass is 76.0 g/mol. The lowest BCUT2D eigenvalue weighted by molar-refractivity contribution is 1.91. The molecule has 0 heterocycles. The molecule has 0 amide bonds. The first-order valence-electron chi connectivity index (χ1n) is 0.735. The molecule has 0 aliphatic carbocycles. The molecule has 0 aliphatic rings. The summed E-state index contributed by atoms with van der Waals surface area (Å²) in [4.78, 5) is 0. The molecule has 0 radical (unpaired) electrons. The van der Waals surface area contributed by atoms with E-state index in [0.717, 1.165) is 12.1 Å². The average Bonchev–Trinajstić information content (AvgIpc) is 1.37. The molecule has 0 spiro atoms. The average molecular weight is 76.1 g/mol. The number of hydrogen-bond donors (Lipinski definition) is 1. The Labute approximate surface area is 29.4 Å². The van der Waals surface area contributed by atoms with Crippen LogP contribution in [-0.2, 0) is 0 Å². The van der Waals surface area contributed by atoms with Gasteiger partial charge in [0, 0.05) is 6.72 Å². The molecule has 0 saturated heterocycles. The molecule has 3 heteroatoms. The van der Waals surface area contributed by atoms with Crippen molar-refractivity contribution in [3.05, 3.63) is 0 Å². The Kier molecular flexibility index (Phi) is 2.97. The lowest BCUT2D eigenvalue weighted by Crippen LogP contribution is -1.64. The van der Waals surface area contributed by atoms with E-state index in [1.54, 1.807) is 0 Å². The highest BCUT2D eigenvalue weighted by molar-refractivity contribution is 7.95. The molecular weight excluding hydrogens is 72.1 g/mol. The molecule has 0 fully saturated rings. The van der Waals surface area contributed by atoms with Crippen molar-refractivity contribution >= 4 is 18.9 Å². The van der Waals surface area contributed by atoms with Gasteiger partial charge in [-0.3, -0.25) is 5.14 Å². The molecule has 0 aliphatic heterocycles. The lowest BCUT2D eigenvalue weighted by Gasteiger charge is -1.61. The van der Waals surface area contributed by atoms with Gasteiger partial charge in [-0.15, -0.1) is 0 Å². The predicted molar refractivity (Wildman–Crippen MR) is 21.3 cm³/mol. The third-order valence-corrected chi connectivity index (χ3v) is 0.224. The van der Waals surface area contributed by atoms with E-state index in [2.05, 4.69) is 11.1 Å². The maximum absolute atomic E-state index is 4.72. The Morgan fingerprint density at radius 1 is 2.00 bits per heavy atom. The summed E-state index contributed by atoms with van der Waals surface area (Å²) in [6.45, 7) is 3.07. The lowest BCUT2D eigenvalue weighted by atomic mass is 11.8. The molecule has 2 nitrogen and oxygen atoms in total. The maximum Gasteiger partial charge on any atom is 0.0549 e. The minimum absolute atomic E-state index is 0.870. The molecule has 0 aromatic carbocycles. The number of hydrogen-bond acceptors (Lipinski definition) is 3. The van der Waals surface area contributed by atoms with Crippen LogP contribution in [0.5, 0.6) is 0 Å². The van der Waals surface area contributed by atoms with Gasteiger partial charge in [0.25, 0.3) is 0 Å². The van der Waals surface area contributed by atoms with Crippen LogP contribution in [0, 0.1) is 0 Å². The van der Waals surface area contributed by atoms with E-state index in [4.69, 9.17) is 5.14 Å². The van der Waals surface area contributed by atoms with E-state index in [0.29, 0.717) is 0 Å². The molecule has 0 unspecified atom stereocenters. The quantitative estimate of drug-likeness (QED) is 0.358. The van der Waals surface area contributed by atoms with Crippen LogP contribution < -0.4 is 5.14 Å². The van der Waals surface area contributed by atoms with Crippen LogP contribution in [0.4, 0.5) is 0 Å². The Morgan fingerprint density at radius 3 is 2.25 bits per heavy atom.